The second-order valence-electron chi connectivity index (χ2n) is 5.69. The molecule has 0 spiro atoms. The smallest absolute Gasteiger partial charge is 0.267 e. The topological polar surface area (TPSA) is 59.2 Å². The quantitative estimate of drug-likeness (QED) is 0.851. The van der Waals surface area contributed by atoms with Gasteiger partial charge in [-0.1, -0.05) is 18.3 Å². The fraction of sp³-hybridized carbons (Fsp3) is 0.533. The third kappa shape index (κ3) is 2.85. The van der Waals surface area contributed by atoms with Gasteiger partial charge in [-0.3, -0.25) is 4.79 Å². The molecule has 2 aromatic heterocycles. The Labute approximate surface area is 128 Å². The van der Waals surface area contributed by atoms with Crippen LogP contribution < -0.4 is 0 Å². The van der Waals surface area contributed by atoms with Gasteiger partial charge in [0.2, 0.25) is 0 Å². The van der Waals surface area contributed by atoms with Crippen LogP contribution in [-0.2, 0) is 13.0 Å². The van der Waals surface area contributed by atoms with Gasteiger partial charge in [0.05, 0.1) is 12.2 Å². The molecule has 0 aromatic carbocycles. The fourth-order valence-corrected chi connectivity index (χ4v) is 3.22. The minimum Gasteiger partial charge on any atom is -0.464 e. The van der Waals surface area contributed by atoms with Gasteiger partial charge in [0.25, 0.3) is 5.91 Å². The second-order valence-corrected chi connectivity index (χ2v) is 6.44. The highest BCUT2D eigenvalue weighted by molar-refractivity contribution is 7.07. The van der Waals surface area contributed by atoms with E-state index in [0.717, 1.165) is 41.1 Å². The standard InChI is InChI=1S/C15H19N3O2S/c1-4-12-14(21-17-16-12)15(19)18(3)8-10-5-6-13(20-10)11-7-9(11)2/h5-6,9,11H,4,7-8H2,1-3H3/t9-,11+/m1/s1. The van der Waals surface area contributed by atoms with Crippen molar-refractivity contribution in [1.29, 1.82) is 0 Å². The Morgan fingerprint density at radius 1 is 1.52 bits per heavy atom. The molecule has 0 aliphatic heterocycles. The summed E-state index contributed by atoms with van der Waals surface area (Å²) in [5.41, 5.74) is 0.767. The Balaban J connectivity index is 1.67. The molecule has 2 heterocycles. The largest absolute Gasteiger partial charge is 0.464 e. The van der Waals surface area contributed by atoms with Crippen LogP contribution in [0.15, 0.2) is 16.5 Å². The molecule has 0 saturated heterocycles. The summed E-state index contributed by atoms with van der Waals surface area (Å²) in [6.45, 7) is 4.68. The molecule has 0 radical (unpaired) electrons. The van der Waals surface area contributed by atoms with Crippen molar-refractivity contribution in [3.05, 3.63) is 34.2 Å². The summed E-state index contributed by atoms with van der Waals surface area (Å²) in [6, 6.07) is 4.00. The molecule has 0 bridgehead atoms. The van der Waals surface area contributed by atoms with E-state index in [1.165, 1.54) is 6.42 Å². The van der Waals surface area contributed by atoms with Crippen molar-refractivity contribution in [2.24, 2.45) is 5.92 Å². The predicted octanol–water partition coefficient (Wildman–Crippen LogP) is 3.09. The summed E-state index contributed by atoms with van der Waals surface area (Å²) in [4.78, 5) is 14.7. The van der Waals surface area contributed by atoms with Gasteiger partial charge in [-0.2, -0.15) is 0 Å². The highest BCUT2D eigenvalue weighted by atomic mass is 32.1. The Bertz CT molecular complexity index is 649. The van der Waals surface area contributed by atoms with Crippen LogP contribution in [-0.4, -0.2) is 27.4 Å². The monoisotopic (exact) mass is 305 g/mol. The minimum atomic E-state index is -0.0420. The van der Waals surface area contributed by atoms with E-state index in [0.29, 0.717) is 17.3 Å². The molecule has 21 heavy (non-hydrogen) atoms. The van der Waals surface area contributed by atoms with Crippen LogP contribution in [0.1, 0.15) is 53.1 Å². The third-order valence-corrected chi connectivity index (χ3v) is 4.74. The molecule has 3 rings (SSSR count). The van der Waals surface area contributed by atoms with Crippen LogP contribution in [0.5, 0.6) is 0 Å². The molecule has 2 aromatic rings. The Morgan fingerprint density at radius 3 is 2.95 bits per heavy atom. The average molecular weight is 305 g/mol. The lowest BCUT2D eigenvalue weighted by Crippen LogP contribution is -2.26. The molecule has 112 valence electrons. The van der Waals surface area contributed by atoms with E-state index in [1.54, 1.807) is 11.9 Å². The zero-order chi connectivity index (χ0) is 15.0. The van der Waals surface area contributed by atoms with Crippen LogP contribution in [0.3, 0.4) is 0 Å². The lowest BCUT2D eigenvalue weighted by atomic mass is 10.2. The molecule has 2 atom stereocenters. The predicted molar refractivity (Wildman–Crippen MR) is 80.3 cm³/mol. The van der Waals surface area contributed by atoms with E-state index in [1.807, 2.05) is 19.1 Å². The zero-order valence-corrected chi connectivity index (χ0v) is 13.3. The van der Waals surface area contributed by atoms with Crippen molar-refractivity contribution < 1.29 is 9.21 Å². The van der Waals surface area contributed by atoms with E-state index in [9.17, 15) is 4.79 Å². The molecule has 1 aliphatic carbocycles. The molecular weight excluding hydrogens is 286 g/mol. The van der Waals surface area contributed by atoms with Crippen molar-refractivity contribution in [3.8, 4) is 0 Å². The van der Waals surface area contributed by atoms with E-state index in [4.69, 9.17) is 4.42 Å². The number of carbonyl (C=O) groups excluding carboxylic acids is 1. The third-order valence-electron chi connectivity index (χ3n) is 3.98. The van der Waals surface area contributed by atoms with Crippen LogP contribution in [0.4, 0.5) is 0 Å². The summed E-state index contributed by atoms with van der Waals surface area (Å²) < 4.78 is 9.72. The maximum Gasteiger partial charge on any atom is 0.267 e. The molecule has 5 nitrogen and oxygen atoms in total. The molecule has 0 N–H and O–H groups in total. The van der Waals surface area contributed by atoms with E-state index < -0.39 is 0 Å². The van der Waals surface area contributed by atoms with Gasteiger partial charge >= 0.3 is 0 Å². The molecule has 1 aliphatic rings. The number of rotatable bonds is 5. The lowest BCUT2D eigenvalue weighted by molar-refractivity contribution is 0.0778. The van der Waals surface area contributed by atoms with Crippen LogP contribution in [0.2, 0.25) is 0 Å². The maximum absolute atomic E-state index is 12.4. The van der Waals surface area contributed by atoms with Gasteiger partial charge in [-0.15, -0.1) is 5.10 Å². The first-order chi connectivity index (χ1) is 10.1. The number of aromatic nitrogens is 2. The normalized spacial score (nSPS) is 20.5. The first-order valence-electron chi connectivity index (χ1n) is 7.25. The van der Waals surface area contributed by atoms with Gasteiger partial charge in [-0.25, -0.2) is 0 Å². The minimum absolute atomic E-state index is 0.0420. The Kier molecular flexibility index (Phi) is 3.80. The Morgan fingerprint density at radius 2 is 2.29 bits per heavy atom. The average Bonchev–Trinajstić information content (AvgIpc) is 2.92. The van der Waals surface area contributed by atoms with Crippen LogP contribution in [0.25, 0.3) is 0 Å². The van der Waals surface area contributed by atoms with Crippen LogP contribution in [0, 0.1) is 5.92 Å². The van der Waals surface area contributed by atoms with Crippen molar-refractivity contribution in [2.75, 3.05) is 7.05 Å². The molecule has 1 fully saturated rings. The van der Waals surface area contributed by atoms with E-state index in [-0.39, 0.29) is 5.91 Å². The van der Waals surface area contributed by atoms with E-state index >= 15 is 0 Å². The fourth-order valence-electron chi connectivity index (χ4n) is 2.48. The number of furan rings is 1. The Hall–Kier alpha value is -1.69. The highest BCUT2D eigenvalue weighted by Crippen LogP contribution is 2.47. The van der Waals surface area contributed by atoms with Crippen molar-refractivity contribution >= 4 is 17.4 Å². The van der Waals surface area contributed by atoms with Crippen molar-refractivity contribution in [3.63, 3.8) is 0 Å². The second kappa shape index (κ2) is 5.60. The van der Waals surface area contributed by atoms with Gasteiger partial charge in [0.1, 0.15) is 16.4 Å². The summed E-state index contributed by atoms with van der Waals surface area (Å²) >= 11 is 1.16. The number of hydrogen-bond acceptors (Lipinski definition) is 5. The first-order valence-corrected chi connectivity index (χ1v) is 8.02. The van der Waals surface area contributed by atoms with Gasteiger partial charge < -0.3 is 9.32 Å². The number of carbonyl (C=O) groups is 1. The van der Waals surface area contributed by atoms with Gasteiger partial charge in [-0.05, 0) is 42.4 Å². The summed E-state index contributed by atoms with van der Waals surface area (Å²) in [6.07, 6.45) is 1.92. The van der Waals surface area contributed by atoms with Crippen molar-refractivity contribution in [1.82, 2.24) is 14.5 Å². The first kappa shape index (κ1) is 14.3. The molecule has 1 saturated carbocycles. The summed E-state index contributed by atoms with van der Waals surface area (Å²) in [7, 11) is 1.78. The highest BCUT2D eigenvalue weighted by Gasteiger charge is 2.36. The molecule has 1 amide bonds. The maximum atomic E-state index is 12.4. The summed E-state index contributed by atoms with van der Waals surface area (Å²) in [5.74, 6) is 3.12. The van der Waals surface area contributed by atoms with Crippen LogP contribution >= 0.6 is 11.5 Å². The zero-order valence-electron chi connectivity index (χ0n) is 12.5. The number of nitrogens with zero attached hydrogens (tertiary/aromatic N) is 3. The van der Waals surface area contributed by atoms with Gasteiger partial charge in [0.15, 0.2) is 0 Å². The molecular formula is C15H19N3O2S. The number of hydrogen-bond donors (Lipinski definition) is 0. The molecule has 6 heteroatoms. The van der Waals surface area contributed by atoms with Crippen molar-refractivity contribution in [2.45, 2.75) is 39.2 Å². The lowest BCUT2D eigenvalue weighted by Gasteiger charge is -2.14. The van der Waals surface area contributed by atoms with E-state index in [2.05, 4.69) is 16.5 Å². The summed E-state index contributed by atoms with van der Waals surface area (Å²) in [5, 5.41) is 3.99. The SMILES string of the molecule is CCc1nnsc1C(=O)N(C)Cc1ccc([C@H]2C[C@H]2C)o1. The molecule has 0 unspecified atom stereocenters. The number of aryl methyl sites for hydroxylation is 1. The number of amides is 1. The van der Waals surface area contributed by atoms with Gasteiger partial charge in [0, 0.05) is 13.0 Å².